The summed E-state index contributed by atoms with van der Waals surface area (Å²) in [5, 5.41) is 25.3. The molecular formula is C6H9BrO5. The van der Waals surface area contributed by atoms with E-state index in [4.69, 9.17) is 15.3 Å². The number of carboxylic acids is 2. The number of aliphatic carboxylic acids is 2. The van der Waals surface area contributed by atoms with Gasteiger partial charge in [0.2, 0.25) is 0 Å². The lowest BCUT2D eigenvalue weighted by molar-refractivity contribution is -0.147. The Labute approximate surface area is 77.1 Å². The van der Waals surface area contributed by atoms with E-state index in [1.165, 1.54) is 0 Å². The molecule has 0 bridgehead atoms. The number of aliphatic hydroxyl groups is 1. The lowest BCUT2D eigenvalue weighted by atomic mass is 10.1. The van der Waals surface area contributed by atoms with Crippen molar-refractivity contribution in [1.29, 1.82) is 0 Å². The highest BCUT2D eigenvalue weighted by Crippen LogP contribution is 2.12. The van der Waals surface area contributed by atoms with Gasteiger partial charge >= 0.3 is 11.9 Å². The normalized spacial score (nSPS) is 15.2. The second-order valence-electron chi connectivity index (χ2n) is 2.28. The highest BCUT2D eigenvalue weighted by Gasteiger charge is 2.19. The van der Waals surface area contributed by atoms with E-state index in [-0.39, 0.29) is 12.8 Å². The zero-order chi connectivity index (χ0) is 9.72. The first-order valence-corrected chi connectivity index (χ1v) is 4.11. The van der Waals surface area contributed by atoms with E-state index in [1.807, 2.05) is 0 Å². The number of halogens is 1. The number of alkyl halides is 1. The summed E-state index contributed by atoms with van der Waals surface area (Å²) in [6.07, 6.45) is -1.82. The lowest BCUT2D eigenvalue weighted by Crippen LogP contribution is -2.24. The zero-order valence-corrected chi connectivity index (χ0v) is 7.69. The number of hydrogen-bond donors (Lipinski definition) is 3. The first-order valence-electron chi connectivity index (χ1n) is 3.20. The minimum Gasteiger partial charge on any atom is -0.481 e. The van der Waals surface area contributed by atoms with Gasteiger partial charge in [0.15, 0.2) is 6.10 Å². The van der Waals surface area contributed by atoms with Crippen molar-refractivity contribution in [2.45, 2.75) is 23.8 Å². The molecule has 0 spiro atoms. The number of hydrogen-bond acceptors (Lipinski definition) is 3. The molecule has 0 aliphatic carbocycles. The van der Waals surface area contributed by atoms with Gasteiger partial charge in [-0.2, -0.15) is 0 Å². The fourth-order valence-electron chi connectivity index (χ4n) is 0.616. The van der Waals surface area contributed by atoms with Crippen LogP contribution in [-0.2, 0) is 9.59 Å². The first-order chi connectivity index (χ1) is 5.43. The smallest absolute Gasteiger partial charge is 0.332 e. The molecule has 3 N–H and O–H groups in total. The van der Waals surface area contributed by atoms with Crippen molar-refractivity contribution >= 4 is 27.9 Å². The number of carboxylic acid groups (broad SMARTS) is 2. The molecule has 0 aliphatic heterocycles. The number of rotatable bonds is 5. The molecule has 2 unspecified atom stereocenters. The Morgan fingerprint density at radius 2 is 1.83 bits per heavy atom. The molecule has 0 amide bonds. The van der Waals surface area contributed by atoms with Crippen LogP contribution in [0.4, 0.5) is 0 Å². The van der Waals surface area contributed by atoms with Crippen molar-refractivity contribution in [3.63, 3.8) is 0 Å². The molecule has 6 heteroatoms. The summed E-state index contributed by atoms with van der Waals surface area (Å²) in [4.78, 5) is 19.7. The zero-order valence-electron chi connectivity index (χ0n) is 6.11. The van der Waals surface area contributed by atoms with E-state index < -0.39 is 22.9 Å². The van der Waals surface area contributed by atoms with E-state index >= 15 is 0 Å². The maximum Gasteiger partial charge on any atom is 0.332 e. The van der Waals surface area contributed by atoms with Crippen LogP contribution in [0.25, 0.3) is 0 Å². The Hall–Kier alpha value is -0.620. The van der Waals surface area contributed by atoms with Crippen LogP contribution < -0.4 is 0 Å². The first kappa shape index (κ1) is 11.4. The standard InChI is InChI=1S/C6H9BrO5/c7-3(2-5(9)10)1-4(8)6(11)12/h3-4,8H,1-2H2,(H,9,10)(H,11,12). The highest BCUT2D eigenvalue weighted by molar-refractivity contribution is 9.09. The van der Waals surface area contributed by atoms with Crippen LogP contribution in [0.5, 0.6) is 0 Å². The third-order valence-electron chi connectivity index (χ3n) is 1.16. The van der Waals surface area contributed by atoms with E-state index in [9.17, 15) is 9.59 Å². The summed E-state index contributed by atoms with van der Waals surface area (Å²) >= 11 is 2.94. The Morgan fingerprint density at radius 3 is 2.17 bits per heavy atom. The van der Waals surface area contributed by atoms with Crippen LogP contribution in [0.2, 0.25) is 0 Å². The van der Waals surface area contributed by atoms with Gasteiger partial charge in [-0.25, -0.2) is 4.79 Å². The monoisotopic (exact) mass is 240 g/mol. The summed E-state index contributed by atoms with van der Waals surface area (Å²) in [5.41, 5.74) is 0. The predicted molar refractivity (Wildman–Crippen MR) is 43.2 cm³/mol. The van der Waals surface area contributed by atoms with Gasteiger partial charge in [-0.15, -0.1) is 0 Å². The molecule has 0 saturated heterocycles. The molecule has 12 heavy (non-hydrogen) atoms. The van der Waals surface area contributed by atoms with Crippen LogP contribution in [-0.4, -0.2) is 38.2 Å². The summed E-state index contributed by atoms with van der Waals surface area (Å²) in [6, 6.07) is 0. The van der Waals surface area contributed by atoms with E-state index in [0.717, 1.165) is 0 Å². The molecule has 0 fully saturated rings. The number of carbonyl (C=O) groups is 2. The third kappa shape index (κ3) is 5.09. The fourth-order valence-corrected chi connectivity index (χ4v) is 1.25. The maximum absolute atomic E-state index is 10.1. The molecule has 5 nitrogen and oxygen atoms in total. The molecule has 70 valence electrons. The predicted octanol–water partition coefficient (Wildman–Crippen LogP) is 0.0602. The Bertz CT molecular complexity index is 181. The average molecular weight is 241 g/mol. The maximum atomic E-state index is 10.1. The molecule has 0 rings (SSSR count). The van der Waals surface area contributed by atoms with Crippen molar-refractivity contribution in [2.24, 2.45) is 0 Å². The van der Waals surface area contributed by atoms with Crippen molar-refractivity contribution in [1.82, 2.24) is 0 Å². The molecule has 0 aromatic rings. The van der Waals surface area contributed by atoms with Crippen molar-refractivity contribution in [3.05, 3.63) is 0 Å². The summed E-state index contributed by atoms with van der Waals surface area (Å²) < 4.78 is 0. The summed E-state index contributed by atoms with van der Waals surface area (Å²) in [7, 11) is 0. The van der Waals surface area contributed by atoms with Crippen molar-refractivity contribution in [3.8, 4) is 0 Å². The minimum atomic E-state index is -1.51. The number of aliphatic hydroxyl groups excluding tert-OH is 1. The van der Waals surface area contributed by atoms with Crippen LogP contribution in [0.15, 0.2) is 0 Å². The van der Waals surface area contributed by atoms with Crippen molar-refractivity contribution < 1.29 is 24.9 Å². The van der Waals surface area contributed by atoms with Gasteiger partial charge < -0.3 is 15.3 Å². The fraction of sp³-hybridized carbons (Fsp3) is 0.667. The van der Waals surface area contributed by atoms with Gasteiger partial charge in [0.25, 0.3) is 0 Å². The molecule has 0 aromatic heterocycles. The second kappa shape index (κ2) is 5.10. The topological polar surface area (TPSA) is 94.8 Å². The summed E-state index contributed by atoms with van der Waals surface area (Å²) in [5.74, 6) is -2.38. The average Bonchev–Trinajstić information content (AvgIpc) is 1.84. The van der Waals surface area contributed by atoms with E-state index in [2.05, 4.69) is 15.9 Å². The van der Waals surface area contributed by atoms with Crippen LogP contribution in [0.1, 0.15) is 12.8 Å². The molecule has 0 saturated carbocycles. The van der Waals surface area contributed by atoms with Gasteiger partial charge in [-0.1, -0.05) is 15.9 Å². The van der Waals surface area contributed by atoms with Crippen LogP contribution in [0.3, 0.4) is 0 Å². The third-order valence-corrected chi connectivity index (χ3v) is 1.86. The van der Waals surface area contributed by atoms with Gasteiger partial charge in [0, 0.05) is 4.83 Å². The SMILES string of the molecule is O=C(O)CC(Br)CC(O)C(=O)O. The molecule has 0 radical (unpaired) electrons. The minimum absolute atomic E-state index is 0.109. The molecular weight excluding hydrogens is 232 g/mol. The van der Waals surface area contributed by atoms with E-state index in [0.29, 0.717) is 0 Å². The molecule has 0 aromatic carbocycles. The van der Waals surface area contributed by atoms with Crippen molar-refractivity contribution in [2.75, 3.05) is 0 Å². The Morgan fingerprint density at radius 1 is 1.33 bits per heavy atom. The van der Waals surface area contributed by atoms with Gasteiger partial charge in [0.1, 0.15) is 0 Å². The molecule has 2 atom stereocenters. The largest absolute Gasteiger partial charge is 0.481 e. The molecule has 0 heterocycles. The lowest BCUT2D eigenvalue weighted by Gasteiger charge is -2.08. The van der Waals surface area contributed by atoms with Crippen LogP contribution in [0, 0.1) is 0 Å². The highest BCUT2D eigenvalue weighted by atomic mass is 79.9. The van der Waals surface area contributed by atoms with Gasteiger partial charge in [-0.3, -0.25) is 4.79 Å². The van der Waals surface area contributed by atoms with Gasteiger partial charge in [-0.05, 0) is 6.42 Å². The second-order valence-corrected chi connectivity index (χ2v) is 3.58. The quantitative estimate of drug-likeness (QED) is 0.591. The van der Waals surface area contributed by atoms with E-state index in [1.54, 1.807) is 0 Å². The summed E-state index contributed by atoms with van der Waals surface area (Å²) in [6.45, 7) is 0. The van der Waals surface area contributed by atoms with Crippen LogP contribution >= 0.6 is 15.9 Å². The Balaban J connectivity index is 3.76. The Kier molecular flexibility index (Phi) is 4.84. The van der Waals surface area contributed by atoms with Gasteiger partial charge in [0.05, 0.1) is 6.42 Å². The molecule has 0 aliphatic rings.